The first-order valence-electron chi connectivity index (χ1n) is 7.67. The molecule has 2 aromatic rings. The summed E-state index contributed by atoms with van der Waals surface area (Å²) in [5.41, 5.74) is 10.7. The molecule has 2 N–H and O–H groups in total. The van der Waals surface area contributed by atoms with Gasteiger partial charge in [-0.1, -0.05) is 42.5 Å². The highest BCUT2D eigenvalue weighted by atomic mass is 16.5. The fourth-order valence-corrected chi connectivity index (χ4v) is 2.67. The average Bonchev–Trinajstić information content (AvgIpc) is 2.47. The third-order valence-corrected chi connectivity index (χ3v) is 3.65. The zero-order valence-corrected chi connectivity index (χ0v) is 13.1. The quantitative estimate of drug-likeness (QED) is 0.784. The smallest absolute Gasteiger partial charge is 0.125 e. The molecule has 0 amide bonds. The van der Waals surface area contributed by atoms with E-state index in [2.05, 4.69) is 56.3 Å². The van der Waals surface area contributed by atoms with Crippen LogP contribution in [0.5, 0.6) is 5.75 Å². The van der Waals surface area contributed by atoms with Gasteiger partial charge in [0, 0.05) is 0 Å². The van der Waals surface area contributed by atoms with E-state index >= 15 is 0 Å². The molecule has 0 atom stereocenters. The largest absolute Gasteiger partial charge is 0.493 e. The molecular weight excluding hydrogens is 258 g/mol. The van der Waals surface area contributed by atoms with Gasteiger partial charge in [0.05, 0.1) is 6.61 Å². The molecule has 0 heterocycles. The summed E-state index contributed by atoms with van der Waals surface area (Å²) in [6.07, 6.45) is 3.02. The molecule has 112 valence electrons. The van der Waals surface area contributed by atoms with Crippen molar-refractivity contribution in [3.63, 3.8) is 0 Å². The lowest BCUT2D eigenvalue weighted by molar-refractivity contribution is 0.307. The predicted molar refractivity (Wildman–Crippen MR) is 88.9 cm³/mol. The monoisotopic (exact) mass is 283 g/mol. The van der Waals surface area contributed by atoms with Crippen LogP contribution in [0.4, 0.5) is 0 Å². The second-order valence-corrected chi connectivity index (χ2v) is 5.54. The lowest BCUT2D eigenvalue weighted by atomic mass is 10.0. The third kappa shape index (κ3) is 4.61. The van der Waals surface area contributed by atoms with Gasteiger partial charge < -0.3 is 10.5 Å². The number of rotatable bonds is 7. The summed E-state index contributed by atoms with van der Waals surface area (Å²) in [7, 11) is 0. The zero-order chi connectivity index (χ0) is 15.1. The van der Waals surface area contributed by atoms with Gasteiger partial charge in [-0.25, -0.2) is 0 Å². The Bertz CT molecular complexity index is 540. The maximum Gasteiger partial charge on any atom is 0.125 e. The van der Waals surface area contributed by atoms with Gasteiger partial charge in [-0.15, -0.1) is 0 Å². The molecule has 2 aromatic carbocycles. The van der Waals surface area contributed by atoms with Gasteiger partial charge >= 0.3 is 0 Å². The SMILES string of the molecule is Cc1cc(CCN)cc(C)c1OCCCc1ccccc1. The van der Waals surface area contributed by atoms with E-state index in [4.69, 9.17) is 10.5 Å². The van der Waals surface area contributed by atoms with Gasteiger partial charge in [-0.05, 0) is 61.9 Å². The van der Waals surface area contributed by atoms with Crippen LogP contribution in [0, 0.1) is 13.8 Å². The van der Waals surface area contributed by atoms with Gasteiger partial charge in [-0.3, -0.25) is 0 Å². The molecular formula is C19H25NO. The van der Waals surface area contributed by atoms with E-state index in [0.717, 1.165) is 31.6 Å². The van der Waals surface area contributed by atoms with Crippen molar-refractivity contribution in [3.8, 4) is 5.75 Å². The summed E-state index contributed by atoms with van der Waals surface area (Å²) in [6.45, 7) is 5.67. The minimum absolute atomic E-state index is 0.691. The molecule has 0 aliphatic rings. The van der Waals surface area contributed by atoms with Crippen molar-refractivity contribution in [1.82, 2.24) is 0 Å². The summed E-state index contributed by atoms with van der Waals surface area (Å²) in [6, 6.07) is 14.9. The summed E-state index contributed by atoms with van der Waals surface area (Å²) in [5.74, 6) is 1.03. The minimum atomic E-state index is 0.691. The number of hydrogen-bond donors (Lipinski definition) is 1. The molecule has 0 saturated carbocycles. The van der Waals surface area contributed by atoms with Crippen LogP contribution in [0.25, 0.3) is 0 Å². The Morgan fingerprint density at radius 3 is 2.19 bits per heavy atom. The van der Waals surface area contributed by atoms with Crippen molar-refractivity contribution in [2.75, 3.05) is 13.2 Å². The van der Waals surface area contributed by atoms with E-state index in [1.807, 2.05) is 0 Å². The normalized spacial score (nSPS) is 10.6. The van der Waals surface area contributed by atoms with Gasteiger partial charge in [0.1, 0.15) is 5.75 Å². The second-order valence-electron chi connectivity index (χ2n) is 5.54. The summed E-state index contributed by atoms with van der Waals surface area (Å²) >= 11 is 0. The Kier molecular flexibility index (Phi) is 5.82. The van der Waals surface area contributed by atoms with E-state index in [1.54, 1.807) is 0 Å². The molecule has 0 spiro atoms. The Morgan fingerprint density at radius 1 is 0.905 bits per heavy atom. The van der Waals surface area contributed by atoms with Crippen molar-refractivity contribution in [1.29, 1.82) is 0 Å². The minimum Gasteiger partial charge on any atom is -0.493 e. The molecule has 0 unspecified atom stereocenters. The molecule has 2 nitrogen and oxygen atoms in total. The number of benzene rings is 2. The van der Waals surface area contributed by atoms with Crippen molar-refractivity contribution in [3.05, 3.63) is 64.7 Å². The molecule has 0 radical (unpaired) electrons. The number of aryl methyl sites for hydroxylation is 3. The van der Waals surface area contributed by atoms with E-state index in [-0.39, 0.29) is 0 Å². The third-order valence-electron chi connectivity index (χ3n) is 3.65. The first-order valence-corrected chi connectivity index (χ1v) is 7.67. The van der Waals surface area contributed by atoms with Crippen molar-refractivity contribution < 1.29 is 4.74 Å². The Morgan fingerprint density at radius 2 is 1.57 bits per heavy atom. The molecule has 0 saturated heterocycles. The van der Waals surface area contributed by atoms with Gasteiger partial charge in [-0.2, -0.15) is 0 Å². The van der Waals surface area contributed by atoms with E-state index in [0.29, 0.717) is 6.54 Å². The molecule has 0 aliphatic carbocycles. The molecule has 2 rings (SSSR count). The van der Waals surface area contributed by atoms with Crippen LogP contribution in [-0.2, 0) is 12.8 Å². The first-order chi connectivity index (χ1) is 10.2. The second kappa shape index (κ2) is 7.84. The molecule has 0 aliphatic heterocycles. The van der Waals surface area contributed by atoms with Gasteiger partial charge in [0.2, 0.25) is 0 Å². The van der Waals surface area contributed by atoms with E-state index in [1.165, 1.54) is 22.3 Å². The number of nitrogens with two attached hydrogens (primary N) is 1. The summed E-state index contributed by atoms with van der Waals surface area (Å²) in [4.78, 5) is 0. The van der Waals surface area contributed by atoms with Gasteiger partial charge in [0.25, 0.3) is 0 Å². The number of hydrogen-bond acceptors (Lipinski definition) is 2. The maximum absolute atomic E-state index is 5.99. The maximum atomic E-state index is 5.99. The van der Waals surface area contributed by atoms with Crippen LogP contribution in [0.2, 0.25) is 0 Å². The average molecular weight is 283 g/mol. The highest BCUT2D eigenvalue weighted by molar-refractivity contribution is 5.43. The summed E-state index contributed by atoms with van der Waals surface area (Å²) in [5, 5.41) is 0. The Labute approximate surface area is 127 Å². The molecule has 2 heteroatoms. The highest BCUT2D eigenvalue weighted by Gasteiger charge is 2.06. The lowest BCUT2D eigenvalue weighted by Gasteiger charge is -2.14. The van der Waals surface area contributed by atoms with Crippen LogP contribution >= 0.6 is 0 Å². The van der Waals surface area contributed by atoms with Crippen LogP contribution in [0.3, 0.4) is 0 Å². The fourth-order valence-electron chi connectivity index (χ4n) is 2.67. The Balaban J connectivity index is 1.88. The molecule has 0 aromatic heterocycles. The van der Waals surface area contributed by atoms with Crippen LogP contribution in [0.15, 0.2) is 42.5 Å². The van der Waals surface area contributed by atoms with Crippen LogP contribution in [-0.4, -0.2) is 13.2 Å². The highest BCUT2D eigenvalue weighted by Crippen LogP contribution is 2.25. The standard InChI is InChI=1S/C19H25NO/c1-15-13-18(10-11-20)14-16(2)19(15)21-12-6-9-17-7-4-3-5-8-17/h3-5,7-8,13-14H,6,9-12,20H2,1-2H3. The summed E-state index contributed by atoms with van der Waals surface area (Å²) < 4.78 is 5.99. The van der Waals surface area contributed by atoms with E-state index < -0.39 is 0 Å². The predicted octanol–water partition coefficient (Wildman–Crippen LogP) is 3.82. The Hall–Kier alpha value is -1.80. The van der Waals surface area contributed by atoms with Crippen LogP contribution in [0.1, 0.15) is 28.7 Å². The number of ether oxygens (including phenoxy) is 1. The van der Waals surface area contributed by atoms with Crippen molar-refractivity contribution >= 4 is 0 Å². The van der Waals surface area contributed by atoms with Gasteiger partial charge in [0.15, 0.2) is 0 Å². The zero-order valence-electron chi connectivity index (χ0n) is 13.1. The topological polar surface area (TPSA) is 35.2 Å². The van der Waals surface area contributed by atoms with E-state index in [9.17, 15) is 0 Å². The molecule has 21 heavy (non-hydrogen) atoms. The van der Waals surface area contributed by atoms with Crippen molar-refractivity contribution in [2.24, 2.45) is 5.73 Å². The molecule has 0 bridgehead atoms. The first kappa shape index (κ1) is 15.6. The van der Waals surface area contributed by atoms with Crippen molar-refractivity contribution in [2.45, 2.75) is 33.1 Å². The lowest BCUT2D eigenvalue weighted by Crippen LogP contribution is -2.05. The fraction of sp³-hybridized carbons (Fsp3) is 0.368. The van der Waals surface area contributed by atoms with Crippen LogP contribution < -0.4 is 10.5 Å². The molecule has 0 fully saturated rings.